The van der Waals surface area contributed by atoms with Crippen LogP contribution in [0.4, 0.5) is 0 Å². The second-order valence-corrected chi connectivity index (χ2v) is 15.8. The summed E-state index contributed by atoms with van der Waals surface area (Å²) in [7, 11) is 1.75. The zero-order valence-electron chi connectivity index (χ0n) is 30.1. The fraction of sp³-hybridized carbons (Fsp3) is 0.178. The zero-order chi connectivity index (χ0) is 36.3. The van der Waals surface area contributed by atoms with Crippen LogP contribution in [0.15, 0.2) is 127 Å². The number of hydrogen-bond donors (Lipinski definition) is 1. The number of aliphatic hydroxyl groups is 1. The molecule has 1 atom stereocenters. The minimum atomic E-state index is -1.00. The van der Waals surface area contributed by atoms with E-state index in [-0.39, 0.29) is 5.92 Å². The van der Waals surface area contributed by atoms with Gasteiger partial charge in [0.2, 0.25) is 0 Å². The van der Waals surface area contributed by atoms with Gasteiger partial charge in [-0.1, -0.05) is 109 Å². The highest BCUT2D eigenvalue weighted by atomic mass is 32.1. The van der Waals surface area contributed by atoms with Crippen molar-refractivity contribution in [2.45, 2.75) is 51.2 Å². The van der Waals surface area contributed by atoms with Gasteiger partial charge in [0.1, 0.15) is 5.82 Å². The van der Waals surface area contributed by atoms with Crippen LogP contribution >= 0.6 is 11.3 Å². The van der Waals surface area contributed by atoms with E-state index in [0.29, 0.717) is 11.6 Å². The molecule has 5 aromatic carbocycles. The Balaban J connectivity index is 1.15. The molecule has 6 nitrogen and oxygen atoms in total. The smallest absolute Gasteiger partial charge is 0.330 e. The van der Waals surface area contributed by atoms with Gasteiger partial charge < -0.3 is 14.3 Å². The second-order valence-electron chi connectivity index (χ2n) is 14.8. The molecule has 0 amide bonds. The lowest BCUT2D eigenvalue weighted by molar-refractivity contribution is -0.0893. The maximum absolute atomic E-state index is 10.6. The van der Waals surface area contributed by atoms with E-state index in [1.165, 1.54) is 26.9 Å². The number of aromatic nitrogens is 4. The molecule has 0 spiro atoms. The molecule has 1 aliphatic carbocycles. The molecule has 1 N–H and O–H groups in total. The highest BCUT2D eigenvalue weighted by Gasteiger charge is 2.36. The number of benzene rings is 5. The van der Waals surface area contributed by atoms with Gasteiger partial charge in [0.15, 0.2) is 11.6 Å². The summed E-state index contributed by atoms with van der Waals surface area (Å²) >= 11 is 1.74. The van der Waals surface area contributed by atoms with Gasteiger partial charge in [0.05, 0.1) is 16.7 Å². The third-order valence-corrected chi connectivity index (χ3v) is 11.9. The van der Waals surface area contributed by atoms with E-state index in [1.54, 1.807) is 32.7 Å². The second kappa shape index (κ2) is 12.9. The van der Waals surface area contributed by atoms with E-state index >= 15 is 0 Å². The van der Waals surface area contributed by atoms with Crippen molar-refractivity contribution in [3.8, 4) is 28.5 Å². The lowest BCUT2D eigenvalue weighted by Gasteiger charge is -2.37. The maximum Gasteiger partial charge on any atom is 0.330 e. The summed E-state index contributed by atoms with van der Waals surface area (Å²) in [6.07, 6.45) is 5.27. The van der Waals surface area contributed by atoms with Crippen LogP contribution in [0, 0.1) is 0 Å². The van der Waals surface area contributed by atoms with Crippen LogP contribution in [0.3, 0.4) is 0 Å². The van der Waals surface area contributed by atoms with Crippen LogP contribution in [0.1, 0.15) is 50.7 Å². The molecule has 1 aliphatic rings. The van der Waals surface area contributed by atoms with Crippen LogP contribution < -0.4 is 5.46 Å². The van der Waals surface area contributed by atoms with Gasteiger partial charge in [0, 0.05) is 60.6 Å². The first-order valence-corrected chi connectivity index (χ1v) is 18.8. The molecule has 1 unspecified atom stereocenters. The highest BCUT2D eigenvalue weighted by Crippen LogP contribution is 2.41. The van der Waals surface area contributed by atoms with Crippen molar-refractivity contribution in [3.05, 3.63) is 144 Å². The molecular formula is C45H38BN4O2S. The van der Waals surface area contributed by atoms with E-state index < -0.39 is 11.2 Å². The molecule has 1 radical (unpaired) electrons. The molecule has 0 saturated heterocycles. The summed E-state index contributed by atoms with van der Waals surface area (Å²) in [6, 6.07) is 42.1. The Morgan fingerprint density at radius 1 is 0.755 bits per heavy atom. The minimum Gasteiger partial charge on any atom is -0.427 e. The SMILES string of the molecule is CC(C)(O)C(C)(C)O[B]c1ccc2sc3c(-c4nc(-c5ccccc5)nc(C5C=Cc6c(n(-c7ccccc7)c7ccccc67)C5)n4)cccc3c2c1. The van der Waals surface area contributed by atoms with Gasteiger partial charge in [-0.05, 0) is 63.4 Å². The Labute approximate surface area is 313 Å². The van der Waals surface area contributed by atoms with Gasteiger partial charge in [-0.2, -0.15) is 0 Å². The fourth-order valence-electron chi connectivity index (χ4n) is 7.06. The van der Waals surface area contributed by atoms with Crippen LogP contribution in [-0.4, -0.2) is 43.3 Å². The van der Waals surface area contributed by atoms with Gasteiger partial charge in [-0.3, -0.25) is 0 Å². The van der Waals surface area contributed by atoms with Crippen molar-refractivity contribution in [1.29, 1.82) is 0 Å². The van der Waals surface area contributed by atoms with Gasteiger partial charge in [-0.25, -0.2) is 15.0 Å². The van der Waals surface area contributed by atoms with Crippen molar-refractivity contribution in [3.63, 3.8) is 0 Å². The quantitative estimate of drug-likeness (QED) is 0.159. The molecule has 9 rings (SSSR count). The Kier molecular flexibility index (Phi) is 8.15. The lowest BCUT2D eigenvalue weighted by Crippen LogP contribution is -2.49. The topological polar surface area (TPSA) is 73.1 Å². The summed E-state index contributed by atoms with van der Waals surface area (Å²) in [6.45, 7) is 7.32. The van der Waals surface area contributed by atoms with Gasteiger partial charge in [0.25, 0.3) is 0 Å². The number of hydrogen-bond acceptors (Lipinski definition) is 6. The van der Waals surface area contributed by atoms with Gasteiger partial charge >= 0.3 is 7.48 Å². The summed E-state index contributed by atoms with van der Waals surface area (Å²) in [4.78, 5) is 15.6. The largest absolute Gasteiger partial charge is 0.427 e. The minimum absolute atomic E-state index is 0.0497. The number of para-hydroxylation sites is 2. The highest BCUT2D eigenvalue weighted by molar-refractivity contribution is 7.26. The summed E-state index contributed by atoms with van der Waals surface area (Å²) in [5.41, 5.74) is 5.94. The zero-order valence-corrected chi connectivity index (χ0v) is 30.9. The van der Waals surface area contributed by atoms with Crippen LogP contribution in [0.25, 0.3) is 65.6 Å². The van der Waals surface area contributed by atoms with Crippen molar-refractivity contribution in [2.24, 2.45) is 0 Å². The number of rotatable bonds is 8. The average molecular weight is 710 g/mol. The first-order chi connectivity index (χ1) is 25.6. The van der Waals surface area contributed by atoms with Crippen molar-refractivity contribution in [2.75, 3.05) is 0 Å². The Hall–Kier alpha value is -5.41. The van der Waals surface area contributed by atoms with E-state index in [2.05, 4.69) is 120 Å². The predicted molar refractivity (Wildman–Crippen MR) is 219 cm³/mol. The number of fused-ring (bicyclic) bond motifs is 6. The Morgan fingerprint density at radius 2 is 1.47 bits per heavy atom. The average Bonchev–Trinajstić information content (AvgIpc) is 3.72. The van der Waals surface area contributed by atoms with E-state index in [1.807, 2.05) is 32.0 Å². The first kappa shape index (κ1) is 33.4. The molecule has 0 aliphatic heterocycles. The summed E-state index contributed by atoms with van der Waals surface area (Å²) in [5, 5.41) is 14.1. The standard InChI is InChI=1S/C45H38BN4O2S/c1-44(2,51)45(3,4)52-46-30-23-25-39-36(27-30)34-19-13-20-35(40(34)53-39)43-48-41(28-14-7-5-8-15-28)47-42(49-43)29-22-24-33-32-18-11-12-21-37(32)50(38(33)26-29)31-16-9-6-10-17-31/h5-25,27,29,51H,26H2,1-4H3. The van der Waals surface area contributed by atoms with E-state index in [0.717, 1.165) is 50.0 Å². The van der Waals surface area contributed by atoms with Crippen LogP contribution in [0.5, 0.6) is 0 Å². The lowest BCUT2D eigenvalue weighted by atomic mass is 9.82. The molecular weight excluding hydrogens is 671 g/mol. The summed E-state index contributed by atoms with van der Waals surface area (Å²) in [5.74, 6) is 2.03. The van der Waals surface area contributed by atoms with Gasteiger partial charge in [-0.15, -0.1) is 11.3 Å². The Bertz CT molecular complexity index is 2680. The molecule has 53 heavy (non-hydrogen) atoms. The van der Waals surface area contributed by atoms with Crippen LogP contribution in [-0.2, 0) is 11.1 Å². The van der Waals surface area contributed by atoms with E-state index in [9.17, 15) is 5.11 Å². The molecule has 259 valence electrons. The maximum atomic E-state index is 10.6. The monoisotopic (exact) mass is 709 g/mol. The fourth-order valence-corrected chi connectivity index (χ4v) is 8.26. The molecule has 8 heteroatoms. The van der Waals surface area contributed by atoms with Crippen molar-refractivity contribution < 1.29 is 9.76 Å². The number of thiophene rings is 1. The third kappa shape index (κ3) is 5.97. The molecule has 0 fully saturated rings. The molecule has 8 aromatic rings. The Morgan fingerprint density at radius 3 is 2.26 bits per heavy atom. The molecule has 0 bridgehead atoms. The third-order valence-electron chi connectivity index (χ3n) is 10.7. The predicted octanol–water partition coefficient (Wildman–Crippen LogP) is 9.68. The summed E-state index contributed by atoms with van der Waals surface area (Å²) < 4.78 is 10.8. The molecule has 0 saturated carbocycles. The van der Waals surface area contributed by atoms with E-state index in [4.69, 9.17) is 19.6 Å². The van der Waals surface area contributed by atoms with Crippen molar-refractivity contribution >= 4 is 61.4 Å². The van der Waals surface area contributed by atoms with Crippen molar-refractivity contribution in [1.82, 2.24) is 19.5 Å². The molecule has 3 aromatic heterocycles. The normalized spacial score (nSPS) is 14.6. The number of nitrogens with zero attached hydrogens (tertiary/aromatic N) is 4. The first-order valence-electron chi connectivity index (χ1n) is 18.0. The number of allylic oxidation sites excluding steroid dienone is 1. The van der Waals surface area contributed by atoms with Crippen LogP contribution in [0.2, 0.25) is 0 Å². The molecule has 3 heterocycles.